The molecule has 1 aliphatic heterocycles. The van der Waals surface area contributed by atoms with Crippen molar-refractivity contribution in [3.63, 3.8) is 0 Å². The second-order valence-corrected chi connectivity index (χ2v) is 6.47. The highest BCUT2D eigenvalue weighted by Gasteiger charge is 2.16. The number of amides is 1. The lowest BCUT2D eigenvalue weighted by Gasteiger charge is -2.21. The largest absolute Gasteiger partial charge is 0.357 e. The van der Waals surface area contributed by atoms with E-state index in [1.807, 2.05) is 6.07 Å². The molecule has 2 heterocycles. The van der Waals surface area contributed by atoms with Crippen LogP contribution >= 0.6 is 0 Å². The zero-order valence-corrected chi connectivity index (χ0v) is 14.8. The average Bonchev–Trinajstić information content (AvgIpc) is 2.92. The highest BCUT2D eigenvalue weighted by Crippen LogP contribution is 2.25. The van der Waals surface area contributed by atoms with Gasteiger partial charge in [-0.1, -0.05) is 18.9 Å². The molecule has 136 valence electrons. The Labute approximate surface area is 152 Å². The van der Waals surface area contributed by atoms with Gasteiger partial charge in [-0.2, -0.15) is 0 Å². The number of hydrogen-bond acceptors (Lipinski definition) is 5. The van der Waals surface area contributed by atoms with Gasteiger partial charge in [0.05, 0.1) is 21.7 Å². The van der Waals surface area contributed by atoms with Crippen LogP contribution in [0, 0.1) is 17.0 Å². The summed E-state index contributed by atoms with van der Waals surface area (Å²) in [6.07, 6.45) is 6.38. The molecule has 1 aliphatic rings. The molecule has 26 heavy (non-hydrogen) atoms. The molecule has 7 heteroatoms. The van der Waals surface area contributed by atoms with Gasteiger partial charge in [0.25, 0.3) is 11.6 Å². The molecule has 1 saturated heterocycles. The molecule has 1 amide bonds. The maximum absolute atomic E-state index is 12.5. The molecular formula is C19H22N4O3. The Bertz CT molecular complexity index is 797. The molecule has 0 aliphatic carbocycles. The molecule has 2 aromatic rings. The van der Waals surface area contributed by atoms with Crippen LogP contribution in [0.3, 0.4) is 0 Å². The smallest absolute Gasteiger partial charge is 0.274 e. The first kappa shape index (κ1) is 17.8. The number of nitrogens with zero attached hydrogens (tertiary/aromatic N) is 3. The Morgan fingerprint density at radius 2 is 1.88 bits per heavy atom. The Morgan fingerprint density at radius 3 is 2.50 bits per heavy atom. The van der Waals surface area contributed by atoms with E-state index in [1.54, 1.807) is 31.3 Å². The van der Waals surface area contributed by atoms with E-state index >= 15 is 0 Å². The van der Waals surface area contributed by atoms with Crippen LogP contribution in [0.4, 0.5) is 17.2 Å². The van der Waals surface area contributed by atoms with Crippen molar-refractivity contribution in [1.29, 1.82) is 0 Å². The first-order valence-corrected chi connectivity index (χ1v) is 8.82. The van der Waals surface area contributed by atoms with Crippen molar-refractivity contribution in [3.8, 4) is 0 Å². The van der Waals surface area contributed by atoms with E-state index < -0.39 is 4.92 Å². The lowest BCUT2D eigenvalue weighted by Crippen LogP contribution is -2.25. The number of carbonyl (C=O) groups excluding carboxylic acids is 1. The summed E-state index contributed by atoms with van der Waals surface area (Å²) in [4.78, 5) is 29.7. The molecule has 1 N–H and O–H groups in total. The second kappa shape index (κ2) is 7.95. The molecule has 0 radical (unpaired) electrons. The third-order valence-corrected chi connectivity index (χ3v) is 4.69. The quantitative estimate of drug-likeness (QED) is 0.664. The minimum Gasteiger partial charge on any atom is -0.357 e. The fourth-order valence-corrected chi connectivity index (χ4v) is 3.16. The fourth-order valence-electron chi connectivity index (χ4n) is 3.16. The van der Waals surface area contributed by atoms with Crippen LogP contribution in [0.5, 0.6) is 0 Å². The standard InChI is InChI=1S/C19H22N4O3/c1-14-16(7-6-8-17(14)23(25)26)21-19(24)15-9-10-18(20-13-15)22-11-4-2-3-5-12-22/h6-10,13H,2-5,11-12H2,1H3,(H,21,24). The number of anilines is 2. The highest BCUT2D eigenvalue weighted by molar-refractivity contribution is 6.04. The molecular weight excluding hydrogens is 332 g/mol. The maximum atomic E-state index is 12.5. The number of rotatable bonds is 4. The van der Waals surface area contributed by atoms with Crippen molar-refractivity contribution < 1.29 is 9.72 Å². The van der Waals surface area contributed by atoms with Crippen LogP contribution in [0.2, 0.25) is 0 Å². The minimum atomic E-state index is -0.456. The van der Waals surface area contributed by atoms with Gasteiger partial charge in [0.2, 0.25) is 0 Å². The van der Waals surface area contributed by atoms with Crippen LogP contribution in [-0.4, -0.2) is 28.9 Å². The van der Waals surface area contributed by atoms with Gasteiger partial charge in [0.15, 0.2) is 0 Å². The van der Waals surface area contributed by atoms with E-state index in [1.165, 1.54) is 18.9 Å². The SMILES string of the molecule is Cc1c(NC(=O)c2ccc(N3CCCCCC3)nc2)cccc1[N+](=O)[O-]. The first-order chi connectivity index (χ1) is 12.6. The van der Waals surface area contributed by atoms with Gasteiger partial charge in [-0.05, 0) is 38.0 Å². The van der Waals surface area contributed by atoms with E-state index in [0.717, 1.165) is 31.7 Å². The third kappa shape index (κ3) is 3.99. The summed E-state index contributed by atoms with van der Waals surface area (Å²) in [7, 11) is 0. The summed E-state index contributed by atoms with van der Waals surface area (Å²) in [5.41, 5.74) is 1.27. The van der Waals surface area contributed by atoms with Crippen LogP contribution in [0.15, 0.2) is 36.5 Å². The second-order valence-electron chi connectivity index (χ2n) is 6.47. The topological polar surface area (TPSA) is 88.4 Å². The summed E-state index contributed by atoms with van der Waals surface area (Å²) >= 11 is 0. The van der Waals surface area contributed by atoms with Gasteiger partial charge < -0.3 is 10.2 Å². The molecule has 0 spiro atoms. The van der Waals surface area contributed by atoms with Gasteiger partial charge in [0.1, 0.15) is 5.82 Å². The molecule has 3 rings (SSSR count). The molecule has 1 fully saturated rings. The number of carbonyl (C=O) groups is 1. The molecule has 0 saturated carbocycles. The number of benzene rings is 1. The third-order valence-electron chi connectivity index (χ3n) is 4.69. The van der Waals surface area contributed by atoms with Gasteiger partial charge in [-0.25, -0.2) is 4.98 Å². The van der Waals surface area contributed by atoms with Gasteiger partial charge in [0, 0.05) is 25.4 Å². The zero-order chi connectivity index (χ0) is 18.5. The molecule has 0 atom stereocenters. The normalized spacial score (nSPS) is 14.6. The van der Waals surface area contributed by atoms with Gasteiger partial charge >= 0.3 is 0 Å². The summed E-state index contributed by atoms with van der Waals surface area (Å²) < 4.78 is 0. The minimum absolute atomic E-state index is 0.0163. The van der Waals surface area contributed by atoms with Gasteiger partial charge in [-0.3, -0.25) is 14.9 Å². The van der Waals surface area contributed by atoms with Crippen molar-refractivity contribution in [1.82, 2.24) is 4.98 Å². The fraction of sp³-hybridized carbons (Fsp3) is 0.368. The average molecular weight is 354 g/mol. The number of aromatic nitrogens is 1. The number of nitrogens with one attached hydrogen (secondary N) is 1. The van der Waals surface area contributed by atoms with Gasteiger partial charge in [-0.15, -0.1) is 0 Å². The van der Waals surface area contributed by atoms with Crippen molar-refractivity contribution >= 4 is 23.1 Å². The molecule has 0 unspecified atom stereocenters. The van der Waals surface area contributed by atoms with Crippen molar-refractivity contribution in [2.75, 3.05) is 23.3 Å². The Morgan fingerprint density at radius 1 is 1.15 bits per heavy atom. The number of nitro benzene ring substituents is 1. The molecule has 1 aromatic carbocycles. The highest BCUT2D eigenvalue weighted by atomic mass is 16.6. The first-order valence-electron chi connectivity index (χ1n) is 8.82. The van der Waals surface area contributed by atoms with Crippen LogP contribution in [0.1, 0.15) is 41.6 Å². The molecule has 1 aromatic heterocycles. The maximum Gasteiger partial charge on any atom is 0.274 e. The number of hydrogen-bond donors (Lipinski definition) is 1. The van der Waals surface area contributed by atoms with Crippen molar-refractivity contribution in [3.05, 3.63) is 57.8 Å². The molecule has 0 bridgehead atoms. The Balaban J connectivity index is 1.72. The summed E-state index contributed by atoms with van der Waals surface area (Å²) in [6.45, 7) is 3.60. The van der Waals surface area contributed by atoms with E-state index in [-0.39, 0.29) is 11.6 Å². The van der Waals surface area contributed by atoms with E-state index in [2.05, 4.69) is 15.2 Å². The van der Waals surface area contributed by atoms with E-state index in [4.69, 9.17) is 0 Å². The van der Waals surface area contributed by atoms with Crippen LogP contribution in [-0.2, 0) is 0 Å². The monoisotopic (exact) mass is 354 g/mol. The predicted molar refractivity (Wildman–Crippen MR) is 101 cm³/mol. The lowest BCUT2D eigenvalue weighted by atomic mass is 10.1. The lowest BCUT2D eigenvalue weighted by molar-refractivity contribution is -0.385. The Hall–Kier alpha value is -2.96. The predicted octanol–water partition coefficient (Wildman–Crippen LogP) is 3.93. The zero-order valence-electron chi connectivity index (χ0n) is 14.8. The van der Waals surface area contributed by atoms with Crippen molar-refractivity contribution in [2.45, 2.75) is 32.6 Å². The summed E-state index contributed by atoms with van der Waals surface area (Å²) in [5, 5.41) is 13.8. The summed E-state index contributed by atoms with van der Waals surface area (Å²) in [6, 6.07) is 8.24. The number of pyridine rings is 1. The molecule has 7 nitrogen and oxygen atoms in total. The van der Waals surface area contributed by atoms with E-state index in [9.17, 15) is 14.9 Å². The van der Waals surface area contributed by atoms with Crippen LogP contribution < -0.4 is 10.2 Å². The Kier molecular flexibility index (Phi) is 5.46. The van der Waals surface area contributed by atoms with Crippen LogP contribution in [0.25, 0.3) is 0 Å². The van der Waals surface area contributed by atoms with Crippen molar-refractivity contribution in [2.24, 2.45) is 0 Å². The van der Waals surface area contributed by atoms with E-state index in [0.29, 0.717) is 16.8 Å². The summed E-state index contributed by atoms with van der Waals surface area (Å²) in [5.74, 6) is 0.554. The number of nitro groups is 1.